The van der Waals surface area contributed by atoms with Crippen molar-refractivity contribution in [2.24, 2.45) is 0 Å². The molecule has 0 amide bonds. The number of ether oxygens (including phenoxy) is 3. The van der Waals surface area contributed by atoms with Crippen molar-refractivity contribution in [3.63, 3.8) is 0 Å². The second kappa shape index (κ2) is 10.7. The van der Waals surface area contributed by atoms with E-state index in [2.05, 4.69) is 9.47 Å². The van der Waals surface area contributed by atoms with Crippen LogP contribution in [0.4, 0.5) is 0 Å². The topological polar surface area (TPSA) is 96.0 Å². The Labute approximate surface area is 145 Å². The van der Waals surface area contributed by atoms with Crippen molar-refractivity contribution in [3.8, 4) is 0 Å². The summed E-state index contributed by atoms with van der Waals surface area (Å²) in [6, 6.07) is 9.07. The third-order valence-corrected chi connectivity index (χ3v) is 2.88. The van der Waals surface area contributed by atoms with E-state index in [9.17, 15) is 19.2 Å². The molecule has 0 spiro atoms. The molecule has 0 N–H and O–H groups in total. The van der Waals surface area contributed by atoms with E-state index in [0.29, 0.717) is 0 Å². The van der Waals surface area contributed by atoms with E-state index in [1.54, 1.807) is 6.92 Å². The van der Waals surface area contributed by atoms with E-state index in [1.165, 1.54) is 0 Å². The van der Waals surface area contributed by atoms with Crippen LogP contribution in [0.5, 0.6) is 0 Å². The van der Waals surface area contributed by atoms with Gasteiger partial charge < -0.3 is 14.2 Å². The lowest BCUT2D eigenvalue weighted by atomic mass is 10.1. The molecule has 1 atom stereocenters. The molecule has 7 nitrogen and oxygen atoms in total. The first kappa shape index (κ1) is 20.1. The van der Waals surface area contributed by atoms with Crippen LogP contribution in [0.25, 0.3) is 0 Å². The molecule has 0 radical (unpaired) electrons. The first-order valence-corrected chi connectivity index (χ1v) is 7.71. The van der Waals surface area contributed by atoms with Gasteiger partial charge in [0.2, 0.25) is 0 Å². The van der Waals surface area contributed by atoms with Crippen molar-refractivity contribution in [1.82, 2.24) is 0 Å². The minimum absolute atomic E-state index is 0.186. The van der Waals surface area contributed by atoms with Crippen LogP contribution in [-0.2, 0) is 39.8 Å². The summed E-state index contributed by atoms with van der Waals surface area (Å²) < 4.78 is 14.3. The molecule has 0 aliphatic carbocycles. The van der Waals surface area contributed by atoms with E-state index >= 15 is 0 Å². The Kier molecular flexibility index (Phi) is 8.63. The molecule has 0 fully saturated rings. The number of esters is 4. The highest BCUT2D eigenvalue weighted by molar-refractivity contribution is 5.92. The van der Waals surface area contributed by atoms with Gasteiger partial charge in [0.25, 0.3) is 0 Å². The Balaban J connectivity index is 2.72. The molecule has 0 bridgehead atoms. The molecule has 0 saturated carbocycles. The Bertz CT molecular complexity index is 634. The van der Waals surface area contributed by atoms with Crippen molar-refractivity contribution in [2.75, 3.05) is 6.61 Å². The van der Waals surface area contributed by atoms with Gasteiger partial charge >= 0.3 is 23.9 Å². The minimum Gasteiger partial charge on any atom is -0.463 e. The fourth-order valence-electron chi connectivity index (χ4n) is 1.95. The normalized spacial score (nSPS) is 11.6. The van der Waals surface area contributed by atoms with Crippen molar-refractivity contribution in [2.45, 2.75) is 32.8 Å². The predicted molar refractivity (Wildman–Crippen MR) is 87.2 cm³/mol. The average Bonchev–Trinajstić information content (AvgIpc) is 2.53. The van der Waals surface area contributed by atoms with Crippen LogP contribution in [0, 0.1) is 0 Å². The quantitative estimate of drug-likeness (QED) is 0.305. The fourth-order valence-corrected chi connectivity index (χ4v) is 1.95. The second-order valence-electron chi connectivity index (χ2n) is 5.00. The molecular formula is C18H20O7. The zero-order valence-corrected chi connectivity index (χ0v) is 14.1. The lowest BCUT2D eigenvalue weighted by Crippen LogP contribution is -2.25. The molecule has 134 valence electrons. The largest absolute Gasteiger partial charge is 0.463 e. The molecule has 1 unspecified atom stereocenters. The molecule has 0 aromatic heterocycles. The van der Waals surface area contributed by atoms with Crippen molar-refractivity contribution < 1.29 is 33.4 Å². The first-order valence-electron chi connectivity index (χ1n) is 7.71. The van der Waals surface area contributed by atoms with E-state index in [1.807, 2.05) is 30.3 Å². The van der Waals surface area contributed by atoms with Gasteiger partial charge in [-0.3, -0.25) is 9.59 Å². The highest BCUT2D eigenvalue weighted by Crippen LogP contribution is 2.11. The predicted octanol–water partition coefficient (Wildman–Crippen LogP) is 1.74. The number of hydrogen-bond donors (Lipinski definition) is 0. The van der Waals surface area contributed by atoms with Gasteiger partial charge in [-0.2, -0.15) is 0 Å². The smallest absolute Gasteiger partial charge is 0.331 e. The van der Waals surface area contributed by atoms with Gasteiger partial charge in [0.1, 0.15) is 6.10 Å². The third-order valence-electron chi connectivity index (χ3n) is 2.88. The van der Waals surface area contributed by atoms with E-state index in [4.69, 9.17) is 4.74 Å². The van der Waals surface area contributed by atoms with Crippen LogP contribution in [0.15, 0.2) is 42.5 Å². The van der Waals surface area contributed by atoms with Crippen molar-refractivity contribution in [1.29, 1.82) is 0 Å². The summed E-state index contributed by atoms with van der Waals surface area (Å²) in [7, 11) is 0. The van der Waals surface area contributed by atoms with Gasteiger partial charge in [-0.05, 0) is 12.5 Å². The zero-order chi connectivity index (χ0) is 18.7. The monoisotopic (exact) mass is 348 g/mol. The summed E-state index contributed by atoms with van der Waals surface area (Å²) in [5.41, 5.74) is 0.838. The highest BCUT2D eigenvalue weighted by atomic mass is 16.6. The first-order chi connectivity index (χ1) is 11.9. The molecule has 1 rings (SSSR count). The van der Waals surface area contributed by atoms with Gasteiger partial charge in [-0.25, -0.2) is 9.59 Å². The standard InChI is InChI=1S/C18H20O7/c1-3-23-16(20)9-10-17(21)25-15(12-18(22)24-13(2)19)11-14-7-5-4-6-8-14/h4-10,15H,3,11-12H2,1-2H3. The SMILES string of the molecule is CCOC(=O)C=CC(=O)OC(CC(=O)OC(C)=O)Cc1ccccc1. The van der Waals surface area contributed by atoms with Crippen LogP contribution in [0.1, 0.15) is 25.8 Å². The molecule has 0 heterocycles. The molecule has 1 aromatic carbocycles. The second-order valence-corrected chi connectivity index (χ2v) is 5.00. The summed E-state index contributed by atoms with van der Waals surface area (Å²) in [6.45, 7) is 2.94. The van der Waals surface area contributed by atoms with Gasteiger partial charge in [0.05, 0.1) is 13.0 Å². The van der Waals surface area contributed by atoms with Gasteiger partial charge in [-0.15, -0.1) is 0 Å². The van der Waals surface area contributed by atoms with Crippen LogP contribution in [0.2, 0.25) is 0 Å². The van der Waals surface area contributed by atoms with Crippen LogP contribution in [0.3, 0.4) is 0 Å². The maximum Gasteiger partial charge on any atom is 0.331 e. The molecule has 25 heavy (non-hydrogen) atoms. The Morgan fingerprint density at radius 2 is 1.68 bits per heavy atom. The van der Waals surface area contributed by atoms with Crippen LogP contribution < -0.4 is 0 Å². The lowest BCUT2D eigenvalue weighted by molar-refractivity contribution is -0.160. The summed E-state index contributed by atoms with van der Waals surface area (Å²) in [6.07, 6.45) is 1.000. The Morgan fingerprint density at radius 1 is 1.04 bits per heavy atom. The molecule has 7 heteroatoms. The van der Waals surface area contributed by atoms with E-state index < -0.39 is 30.0 Å². The van der Waals surface area contributed by atoms with Crippen LogP contribution >= 0.6 is 0 Å². The zero-order valence-electron chi connectivity index (χ0n) is 14.1. The van der Waals surface area contributed by atoms with Crippen LogP contribution in [-0.4, -0.2) is 36.6 Å². The molecular weight excluding hydrogens is 328 g/mol. The average molecular weight is 348 g/mol. The lowest BCUT2D eigenvalue weighted by Gasteiger charge is -2.16. The van der Waals surface area contributed by atoms with Gasteiger partial charge in [0, 0.05) is 25.5 Å². The number of hydrogen-bond acceptors (Lipinski definition) is 7. The summed E-state index contributed by atoms with van der Waals surface area (Å²) >= 11 is 0. The third kappa shape index (κ3) is 9.04. The molecule has 1 aromatic rings. The Morgan fingerprint density at radius 3 is 2.28 bits per heavy atom. The number of carbonyl (C=O) groups is 4. The summed E-state index contributed by atoms with van der Waals surface area (Å²) in [4.78, 5) is 45.5. The maximum absolute atomic E-state index is 11.8. The van der Waals surface area contributed by atoms with Crippen molar-refractivity contribution in [3.05, 3.63) is 48.0 Å². The van der Waals surface area contributed by atoms with Crippen molar-refractivity contribution >= 4 is 23.9 Å². The fraction of sp³-hybridized carbons (Fsp3) is 0.333. The molecule has 0 saturated heterocycles. The minimum atomic E-state index is -0.839. The number of carbonyl (C=O) groups excluding carboxylic acids is 4. The number of rotatable bonds is 8. The summed E-state index contributed by atoms with van der Waals surface area (Å²) in [5.74, 6) is -3.01. The molecule has 0 aliphatic heterocycles. The maximum atomic E-state index is 11.8. The highest BCUT2D eigenvalue weighted by Gasteiger charge is 2.20. The van der Waals surface area contributed by atoms with E-state index in [-0.39, 0.29) is 19.4 Å². The molecule has 0 aliphatic rings. The van der Waals surface area contributed by atoms with E-state index in [0.717, 1.165) is 24.6 Å². The van der Waals surface area contributed by atoms with Gasteiger partial charge in [-0.1, -0.05) is 30.3 Å². The van der Waals surface area contributed by atoms with Gasteiger partial charge in [0.15, 0.2) is 0 Å². The number of benzene rings is 1. The summed E-state index contributed by atoms with van der Waals surface area (Å²) in [5, 5.41) is 0. The Hall–Kier alpha value is -2.96.